The van der Waals surface area contributed by atoms with E-state index in [1.54, 1.807) is 0 Å². The van der Waals surface area contributed by atoms with Crippen LogP contribution in [0.2, 0.25) is 0 Å². The molecule has 6 heteroatoms. The summed E-state index contributed by atoms with van der Waals surface area (Å²) in [5.74, 6) is 0.350. The number of nitrogens with one attached hydrogen (secondary N) is 3. The van der Waals surface area contributed by atoms with E-state index in [-0.39, 0.29) is 23.8 Å². The van der Waals surface area contributed by atoms with Crippen molar-refractivity contribution in [3.05, 3.63) is 17.0 Å². The fourth-order valence-corrected chi connectivity index (χ4v) is 5.20. The number of rotatable bonds is 6. The van der Waals surface area contributed by atoms with E-state index in [4.69, 9.17) is 0 Å². The molecule has 0 spiro atoms. The molecule has 1 aromatic rings. The summed E-state index contributed by atoms with van der Waals surface area (Å²) >= 11 is 0. The van der Waals surface area contributed by atoms with Crippen molar-refractivity contribution in [3.63, 3.8) is 0 Å². The lowest BCUT2D eigenvalue weighted by molar-refractivity contribution is -0.126. The second-order valence-electron chi connectivity index (χ2n) is 8.95. The average Bonchev–Trinajstić information content (AvgIpc) is 3.34. The highest BCUT2D eigenvalue weighted by atomic mass is 16.2. The molecular formula is C22H34N4O2. The molecule has 1 heterocycles. The van der Waals surface area contributed by atoms with Gasteiger partial charge in [0, 0.05) is 36.5 Å². The van der Waals surface area contributed by atoms with Gasteiger partial charge >= 0.3 is 0 Å². The maximum absolute atomic E-state index is 12.5. The Morgan fingerprint density at radius 1 is 0.929 bits per heavy atom. The van der Waals surface area contributed by atoms with Gasteiger partial charge in [-0.25, -0.2) is 0 Å². The first-order chi connectivity index (χ1) is 13.7. The minimum absolute atomic E-state index is 0.0607. The van der Waals surface area contributed by atoms with Gasteiger partial charge in [-0.05, 0) is 63.4 Å². The number of carbonyl (C=O) groups excluding carboxylic acids is 2. The Balaban J connectivity index is 1.19. The summed E-state index contributed by atoms with van der Waals surface area (Å²) in [6.07, 6.45) is 14.4. The molecule has 3 N–H and O–H groups in total. The van der Waals surface area contributed by atoms with Crippen LogP contribution in [-0.2, 0) is 28.9 Å². The van der Waals surface area contributed by atoms with Gasteiger partial charge in [0.25, 0.3) is 0 Å². The van der Waals surface area contributed by atoms with Crippen LogP contribution in [-0.4, -0.2) is 34.1 Å². The molecule has 154 valence electrons. The lowest BCUT2D eigenvalue weighted by Crippen LogP contribution is -2.40. The topological polar surface area (TPSA) is 86.9 Å². The third-order valence-corrected chi connectivity index (χ3v) is 6.85. The predicted molar refractivity (Wildman–Crippen MR) is 108 cm³/mol. The molecule has 2 fully saturated rings. The lowest BCUT2D eigenvalue weighted by Gasteiger charge is -2.24. The minimum Gasteiger partial charge on any atom is -0.353 e. The van der Waals surface area contributed by atoms with Crippen LogP contribution in [0.25, 0.3) is 0 Å². The van der Waals surface area contributed by atoms with Crippen LogP contribution in [0, 0.1) is 5.92 Å². The molecule has 2 amide bonds. The molecule has 0 radical (unpaired) electrons. The van der Waals surface area contributed by atoms with E-state index in [1.807, 2.05) is 0 Å². The molecule has 28 heavy (non-hydrogen) atoms. The molecular weight excluding hydrogens is 352 g/mol. The summed E-state index contributed by atoms with van der Waals surface area (Å²) < 4.78 is 0. The zero-order valence-corrected chi connectivity index (χ0v) is 16.9. The number of amides is 2. The van der Waals surface area contributed by atoms with E-state index < -0.39 is 0 Å². The number of carbonyl (C=O) groups is 2. The number of aromatic amines is 1. The Labute approximate surface area is 167 Å². The Morgan fingerprint density at radius 2 is 1.75 bits per heavy atom. The molecule has 0 unspecified atom stereocenters. The Kier molecular flexibility index (Phi) is 6.33. The number of fused-ring (bicyclic) bond motifs is 1. The monoisotopic (exact) mass is 386 g/mol. The van der Waals surface area contributed by atoms with Gasteiger partial charge in [-0.3, -0.25) is 14.7 Å². The van der Waals surface area contributed by atoms with Gasteiger partial charge in [0.05, 0.1) is 5.69 Å². The highest BCUT2D eigenvalue weighted by Gasteiger charge is 2.32. The van der Waals surface area contributed by atoms with Gasteiger partial charge in [0.15, 0.2) is 0 Å². The summed E-state index contributed by atoms with van der Waals surface area (Å²) in [6.45, 7) is 0. The molecule has 0 aliphatic heterocycles. The summed E-state index contributed by atoms with van der Waals surface area (Å²) in [6, 6.07) is 0.511. The second kappa shape index (κ2) is 9.10. The first kappa shape index (κ1) is 19.5. The molecule has 0 aromatic carbocycles. The van der Waals surface area contributed by atoms with Crippen molar-refractivity contribution in [2.24, 2.45) is 5.92 Å². The van der Waals surface area contributed by atoms with E-state index in [0.717, 1.165) is 50.6 Å². The van der Waals surface area contributed by atoms with Crippen LogP contribution >= 0.6 is 0 Å². The summed E-state index contributed by atoms with van der Waals surface area (Å²) in [5, 5.41) is 14.0. The Bertz CT molecular complexity index is 693. The van der Waals surface area contributed by atoms with Crippen molar-refractivity contribution in [1.29, 1.82) is 0 Å². The van der Waals surface area contributed by atoms with Crippen LogP contribution in [0.15, 0.2) is 0 Å². The SMILES string of the molecule is O=C(CCc1n[nH]c2c1CCCC2)N[C@H]1CC[C@@H](C(=O)NC2CCCCC2)C1. The van der Waals surface area contributed by atoms with Crippen LogP contribution in [0.3, 0.4) is 0 Å². The fourth-order valence-electron chi connectivity index (χ4n) is 5.20. The third kappa shape index (κ3) is 4.76. The number of hydrogen-bond donors (Lipinski definition) is 3. The molecule has 2 saturated carbocycles. The Hall–Kier alpha value is -1.85. The summed E-state index contributed by atoms with van der Waals surface area (Å²) in [5.41, 5.74) is 3.68. The van der Waals surface area contributed by atoms with Gasteiger partial charge in [0.2, 0.25) is 11.8 Å². The van der Waals surface area contributed by atoms with Crippen LogP contribution in [0.5, 0.6) is 0 Å². The van der Waals surface area contributed by atoms with Gasteiger partial charge in [-0.15, -0.1) is 0 Å². The van der Waals surface area contributed by atoms with E-state index in [2.05, 4.69) is 20.8 Å². The zero-order valence-electron chi connectivity index (χ0n) is 16.9. The summed E-state index contributed by atoms with van der Waals surface area (Å²) in [4.78, 5) is 24.9. The summed E-state index contributed by atoms with van der Waals surface area (Å²) in [7, 11) is 0. The molecule has 2 atom stereocenters. The fraction of sp³-hybridized carbons (Fsp3) is 0.773. The number of aryl methyl sites for hydroxylation is 2. The molecule has 3 aliphatic rings. The van der Waals surface area contributed by atoms with E-state index in [1.165, 1.54) is 43.4 Å². The van der Waals surface area contributed by atoms with Crippen LogP contribution < -0.4 is 10.6 Å². The van der Waals surface area contributed by atoms with Crippen molar-refractivity contribution in [2.75, 3.05) is 0 Å². The third-order valence-electron chi connectivity index (χ3n) is 6.85. The zero-order chi connectivity index (χ0) is 19.3. The van der Waals surface area contributed by atoms with Crippen molar-refractivity contribution < 1.29 is 9.59 Å². The number of nitrogens with zero attached hydrogens (tertiary/aromatic N) is 1. The molecule has 4 rings (SSSR count). The Morgan fingerprint density at radius 3 is 2.61 bits per heavy atom. The molecule has 0 bridgehead atoms. The highest BCUT2D eigenvalue weighted by Crippen LogP contribution is 2.27. The lowest BCUT2D eigenvalue weighted by atomic mass is 9.94. The van der Waals surface area contributed by atoms with Crippen LogP contribution in [0.1, 0.15) is 87.6 Å². The molecule has 3 aliphatic carbocycles. The largest absolute Gasteiger partial charge is 0.353 e. The maximum atomic E-state index is 12.5. The van der Waals surface area contributed by atoms with Crippen molar-refractivity contribution >= 4 is 11.8 Å². The number of H-pyrrole nitrogens is 1. The molecule has 0 saturated heterocycles. The quantitative estimate of drug-likeness (QED) is 0.702. The minimum atomic E-state index is 0.0607. The molecule has 1 aromatic heterocycles. The molecule has 6 nitrogen and oxygen atoms in total. The van der Waals surface area contributed by atoms with Gasteiger partial charge < -0.3 is 10.6 Å². The van der Waals surface area contributed by atoms with Crippen molar-refractivity contribution in [3.8, 4) is 0 Å². The smallest absolute Gasteiger partial charge is 0.223 e. The first-order valence-electron chi connectivity index (χ1n) is 11.3. The maximum Gasteiger partial charge on any atom is 0.223 e. The average molecular weight is 387 g/mol. The normalized spacial score (nSPS) is 25.3. The van der Waals surface area contributed by atoms with Crippen molar-refractivity contribution in [2.45, 2.75) is 102 Å². The standard InChI is InChI=1S/C22H34N4O2/c27-21(13-12-20-18-8-4-5-9-19(18)25-26-20)23-17-11-10-15(14-17)22(28)24-16-6-2-1-3-7-16/h15-17H,1-14H2,(H,23,27)(H,24,28)(H,25,26)/t15-,17+/m1/s1. The van der Waals surface area contributed by atoms with Crippen molar-refractivity contribution in [1.82, 2.24) is 20.8 Å². The van der Waals surface area contributed by atoms with Gasteiger partial charge in [0.1, 0.15) is 0 Å². The van der Waals surface area contributed by atoms with Gasteiger partial charge in [-0.2, -0.15) is 5.10 Å². The van der Waals surface area contributed by atoms with E-state index in [9.17, 15) is 9.59 Å². The van der Waals surface area contributed by atoms with Crippen LogP contribution in [0.4, 0.5) is 0 Å². The highest BCUT2D eigenvalue weighted by molar-refractivity contribution is 5.80. The second-order valence-corrected chi connectivity index (χ2v) is 8.95. The predicted octanol–water partition coefficient (Wildman–Crippen LogP) is 2.95. The van der Waals surface area contributed by atoms with E-state index >= 15 is 0 Å². The van der Waals surface area contributed by atoms with E-state index in [0.29, 0.717) is 18.9 Å². The number of aromatic nitrogens is 2. The first-order valence-corrected chi connectivity index (χ1v) is 11.3. The van der Waals surface area contributed by atoms with Gasteiger partial charge in [-0.1, -0.05) is 19.3 Å². The number of hydrogen-bond acceptors (Lipinski definition) is 3.